The molecule has 1 amide bonds. The van der Waals surface area contributed by atoms with Gasteiger partial charge in [0, 0.05) is 12.1 Å². The van der Waals surface area contributed by atoms with Crippen LogP contribution in [-0.4, -0.2) is 25.2 Å². The number of aryl methyl sites for hydroxylation is 1. The molecule has 9 heteroatoms. The molecule has 2 aromatic heterocycles. The van der Waals surface area contributed by atoms with Gasteiger partial charge in [-0.15, -0.1) is 0 Å². The summed E-state index contributed by atoms with van der Waals surface area (Å²) in [5.41, 5.74) is 0.501. The topological polar surface area (TPSA) is 81.8 Å². The van der Waals surface area contributed by atoms with Crippen molar-refractivity contribution in [3.05, 3.63) is 82.5 Å². The van der Waals surface area contributed by atoms with E-state index in [1.165, 1.54) is 29.2 Å². The van der Waals surface area contributed by atoms with Gasteiger partial charge in [0.15, 0.2) is 0 Å². The van der Waals surface area contributed by atoms with Crippen molar-refractivity contribution in [3.63, 3.8) is 0 Å². The van der Waals surface area contributed by atoms with Crippen LogP contribution in [-0.2, 0) is 11.3 Å². The lowest BCUT2D eigenvalue weighted by Crippen LogP contribution is -2.28. The fourth-order valence-corrected chi connectivity index (χ4v) is 2.98. The number of fused-ring (bicyclic) bond motifs is 1. The maximum absolute atomic E-state index is 14.1. The molecular weight excluding hydrogens is 380 g/mol. The second kappa shape index (κ2) is 7.27. The van der Waals surface area contributed by atoms with Crippen molar-refractivity contribution in [2.24, 2.45) is 0 Å². The van der Waals surface area contributed by atoms with Crippen LogP contribution < -0.4 is 10.9 Å². The highest BCUT2D eigenvalue weighted by atomic mass is 19.1. The lowest BCUT2D eigenvalue weighted by atomic mass is 10.2. The minimum Gasteiger partial charge on any atom is -0.309 e. The Labute approximate surface area is 163 Å². The highest BCUT2D eigenvalue weighted by molar-refractivity contribution is 5.90. The Morgan fingerprint density at radius 1 is 1.14 bits per heavy atom. The number of carbonyl (C=O) groups is 1. The number of carbonyl (C=O) groups excluding carboxylic acids is 1. The van der Waals surface area contributed by atoms with Crippen LogP contribution in [0.25, 0.3) is 16.6 Å². The van der Waals surface area contributed by atoms with Crippen molar-refractivity contribution in [3.8, 4) is 5.69 Å². The summed E-state index contributed by atoms with van der Waals surface area (Å²) >= 11 is 0. The Hall–Kier alpha value is -3.88. The molecule has 2 heterocycles. The molecule has 0 aliphatic rings. The van der Waals surface area contributed by atoms with E-state index < -0.39 is 23.1 Å². The number of nitrogens with zero attached hydrogens (tertiary/aromatic N) is 4. The Kier molecular flexibility index (Phi) is 4.63. The molecule has 7 nitrogen and oxygen atoms in total. The summed E-state index contributed by atoms with van der Waals surface area (Å²) < 4.78 is 29.8. The zero-order chi connectivity index (χ0) is 20.5. The highest BCUT2D eigenvalue weighted by Crippen LogP contribution is 2.19. The van der Waals surface area contributed by atoms with Crippen molar-refractivity contribution < 1.29 is 13.6 Å². The van der Waals surface area contributed by atoms with E-state index in [0.29, 0.717) is 5.69 Å². The number of halogens is 2. The fraction of sp³-hybridized carbons (Fsp3) is 0.100. The Morgan fingerprint density at radius 2 is 1.93 bits per heavy atom. The molecule has 4 rings (SSSR count). The second-order valence-electron chi connectivity index (χ2n) is 6.42. The first-order valence-corrected chi connectivity index (χ1v) is 8.68. The van der Waals surface area contributed by atoms with Crippen LogP contribution in [0.1, 0.15) is 5.69 Å². The number of hydrogen-bond acceptors (Lipinski definition) is 4. The van der Waals surface area contributed by atoms with Gasteiger partial charge in [0.05, 0.1) is 22.9 Å². The number of benzene rings is 2. The van der Waals surface area contributed by atoms with Gasteiger partial charge in [-0.3, -0.25) is 14.2 Å². The summed E-state index contributed by atoms with van der Waals surface area (Å²) in [6.45, 7) is 1.39. The number of para-hydroxylation sites is 1. The summed E-state index contributed by atoms with van der Waals surface area (Å²) in [4.78, 5) is 29.0. The maximum Gasteiger partial charge on any atom is 0.261 e. The summed E-state index contributed by atoms with van der Waals surface area (Å²) in [5.74, 6) is -1.25. The first kappa shape index (κ1) is 18.5. The standard InChI is InChI=1S/C20H15F2N5O2/c1-12-8-18(27(25-12)17-5-3-2-4-15(17)22)24-19(28)10-26-11-23-16-9-13(21)6-7-14(16)20(26)29/h2-9,11H,10H2,1H3,(H,24,28). The van der Waals surface area contributed by atoms with Crippen LogP contribution in [0, 0.1) is 18.6 Å². The van der Waals surface area contributed by atoms with E-state index in [2.05, 4.69) is 15.4 Å². The van der Waals surface area contributed by atoms with Crippen LogP contribution in [0.5, 0.6) is 0 Å². The molecule has 0 unspecified atom stereocenters. The lowest BCUT2D eigenvalue weighted by Gasteiger charge is -2.11. The molecule has 0 radical (unpaired) electrons. The number of hydrogen-bond donors (Lipinski definition) is 1. The Balaban J connectivity index is 1.61. The SMILES string of the molecule is Cc1cc(NC(=O)Cn2cnc3cc(F)ccc3c2=O)n(-c2ccccc2F)n1. The van der Waals surface area contributed by atoms with Gasteiger partial charge in [-0.05, 0) is 31.2 Å². The molecule has 2 aromatic carbocycles. The number of rotatable bonds is 4. The van der Waals surface area contributed by atoms with E-state index in [1.54, 1.807) is 25.1 Å². The quantitative estimate of drug-likeness (QED) is 0.576. The van der Waals surface area contributed by atoms with E-state index >= 15 is 0 Å². The number of anilines is 1. The summed E-state index contributed by atoms with van der Waals surface area (Å²) in [6.07, 6.45) is 1.18. The minimum absolute atomic E-state index is 0.183. The third-order valence-corrected chi connectivity index (χ3v) is 4.28. The maximum atomic E-state index is 14.1. The lowest BCUT2D eigenvalue weighted by molar-refractivity contribution is -0.116. The molecule has 0 saturated heterocycles. The van der Waals surface area contributed by atoms with Crippen molar-refractivity contribution in [2.45, 2.75) is 13.5 Å². The molecule has 1 N–H and O–H groups in total. The minimum atomic E-state index is -0.521. The Morgan fingerprint density at radius 3 is 2.72 bits per heavy atom. The zero-order valence-corrected chi connectivity index (χ0v) is 15.3. The van der Waals surface area contributed by atoms with Gasteiger partial charge < -0.3 is 5.32 Å². The van der Waals surface area contributed by atoms with E-state index in [-0.39, 0.29) is 29.0 Å². The first-order valence-electron chi connectivity index (χ1n) is 8.68. The van der Waals surface area contributed by atoms with Crippen molar-refractivity contribution in [1.82, 2.24) is 19.3 Å². The predicted molar refractivity (Wildman–Crippen MR) is 103 cm³/mol. The number of amides is 1. The molecule has 0 saturated carbocycles. The third-order valence-electron chi connectivity index (χ3n) is 4.28. The molecule has 0 fully saturated rings. The van der Waals surface area contributed by atoms with Crippen LogP contribution in [0.2, 0.25) is 0 Å². The first-order chi connectivity index (χ1) is 13.9. The van der Waals surface area contributed by atoms with Crippen LogP contribution in [0.4, 0.5) is 14.6 Å². The van der Waals surface area contributed by atoms with Crippen molar-refractivity contribution >= 4 is 22.6 Å². The average Bonchev–Trinajstić information content (AvgIpc) is 3.04. The molecule has 0 spiro atoms. The number of aromatic nitrogens is 4. The van der Waals surface area contributed by atoms with Crippen molar-refractivity contribution in [2.75, 3.05) is 5.32 Å². The van der Waals surface area contributed by atoms with E-state index in [4.69, 9.17) is 0 Å². The van der Waals surface area contributed by atoms with Crippen LogP contribution in [0.15, 0.2) is 59.7 Å². The average molecular weight is 395 g/mol. The predicted octanol–water partition coefficient (Wildman–Crippen LogP) is 2.81. The molecule has 146 valence electrons. The van der Waals surface area contributed by atoms with Crippen LogP contribution >= 0.6 is 0 Å². The molecule has 0 atom stereocenters. The summed E-state index contributed by atoms with van der Waals surface area (Å²) in [7, 11) is 0. The smallest absolute Gasteiger partial charge is 0.261 e. The highest BCUT2D eigenvalue weighted by Gasteiger charge is 2.15. The summed E-state index contributed by atoms with van der Waals surface area (Å²) in [6, 6.07) is 11.3. The molecular formula is C20H15F2N5O2. The van der Waals surface area contributed by atoms with Gasteiger partial charge in [-0.1, -0.05) is 12.1 Å². The monoisotopic (exact) mass is 395 g/mol. The van der Waals surface area contributed by atoms with Gasteiger partial charge >= 0.3 is 0 Å². The zero-order valence-electron chi connectivity index (χ0n) is 15.3. The van der Waals surface area contributed by atoms with Crippen LogP contribution in [0.3, 0.4) is 0 Å². The number of nitrogens with one attached hydrogen (secondary N) is 1. The third kappa shape index (κ3) is 3.62. The van der Waals surface area contributed by atoms with E-state index in [9.17, 15) is 18.4 Å². The van der Waals surface area contributed by atoms with E-state index in [0.717, 1.165) is 16.7 Å². The van der Waals surface area contributed by atoms with Gasteiger partial charge in [0.25, 0.3) is 5.56 Å². The molecule has 4 aromatic rings. The van der Waals surface area contributed by atoms with Gasteiger partial charge in [0.1, 0.15) is 29.7 Å². The molecule has 0 aliphatic heterocycles. The van der Waals surface area contributed by atoms with E-state index in [1.807, 2.05) is 0 Å². The molecule has 29 heavy (non-hydrogen) atoms. The second-order valence-corrected chi connectivity index (χ2v) is 6.42. The van der Waals surface area contributed by atoms with Crippen molar-refractivity contribution in [1.29, 1.82) is 0 Å². The molecule has 0 bridgehead atoms. The van der Waals surface area contributed by atoms with Gasteiger partial charge in [-0.2, -0.15) is 5.10 Å². The van der Waals surface area contributed by atoms with Gasteiger partial charge in [0.2, 0.25) is 5.91 Å². The van der Waals surface area contributed by atoms with Gasteiger partial charge in [-0.25, -0.2) is 18.4 Å². The Bertz CT molecular complexity index is 1300. The fourth-order valence-electron chi connectivity index (χ4n) is 2.98. The molecule has 0 aliphatic carbocycles. The largest absolute Gasteiger partial charge is 0.309 e. The summed E-state index contributed by atoms with van der Waals surface area (Å²) in [5, 5.41) is 7.05. The normalized spacial score (nSPS) is 11.0.